The van der Waals surface area contributed by atoms with Crippen LogP contribution in [-0.2, 0) is 11.3 Å². The zero-order valence-corrected chi connectivity index (χ0v) is 21.9. The number of rotatable bonds is 9. The molecule has 5 rings (SSSR count). The van der Waals surface area contributed by atoms with Crippen LogP contribution in [0.3, 0.4) is 0 Å². The lowest BCUT2D eigenvalue weighted by atomic mass is 9.85. The molecular weight excluding hydrogens is 497 g/mol. The number of aliphatic hydroxyl groups excluding tert-OH is 1. The number of benzene rings is 3. The Morgan fingerprint density at radius 3 is 2.38 bits per heavy atom. The van der Waals surface area contributed by atoms with Crippen molar-refractivity contribution in [1.82, 2.24) is 9.80 Å². The van der Waals surface area contributed by atoms with Crippen LogP contribution in [0.15, 0.2) is 78.9 Å². The molecule has 8 heteroatoms. The van der Waals surface area contributed by atoms with Crippen LogP contribution in [0.25, 0.3) is 0 Å². The van der Waals surface area contributed by atoms with Crippen molar-refractivity contribution in [1.29, 1.82) is 0 Å². The van der Waals surface area contributed by atoms with Crippen molar-refractivity contribution < 1.29 is 24.2 Å². The molecule has 2 saturated heterocycles. The van der Waals surface area contributed by atoms with E-state index in [9.17, 15) is 24.2 Å². The molecule has 3 aromatic carbocycles. The van der Waals surface area contributed by atoms with E-state index in [1.807, 2.05) is 41.3 Å². The summed E-state index contributed by atoms with van der Waals surface area (Å²) in [4.78, 5) is 31.8. The normalized spacial score (nSPS) is 18.1. The van der Waals surface area contributed by atoms with E-state index in [0.29, 0.717) is 32.5 Å². The first-order valence-electron chi connectivity index (χ1n) is 13.5. The molecule has 1 spiro atoms. The van der Waals surface area contributed by atoms with Gasteiger partial charge in [-0.25, -0.2) is 9.18 Å². The second-order valence-corrected chi connectivity index (χ2v) is 10.5. The minimum atomic E-state index is -0.982. The highest BCUT2D eigenvalue weighted by Crippen LogP contribution is 2.40. The molecule has 204 valence electrons. The maximum atomic E-state index is 14.0. The van der Waals surface area contributed by atoms with Crippen LogP contribution in [0.4, 0.5) is 10.1 Å². The lowest BCUT2D eigenvalue weighted by Gasteiger charge is -2.43. The highest BCUT2D eigenvalue weighted by Gasteiger charge is 2.53. The van der Waals surface area contributed by atoms with E-state index in [-0.39, 0.29) is 17.3 Å². The SMILES string of the molecule is O=C(O)c1cccc(CN2CN(c3ccccc3)C3(CCN(CCCC(O)c4ccc(F)cc4)CC3)C2=O)c1. The van der Waals surface area contributed by atoms with Gasteiger partial charge in [-0.3, -0.25) is 4.79 Å². The molecule has 1 amide bonds. The van der Waals surface area contributed by atoms with Gasteiger partial charge in [0.05, 0.1) is 18.3 Å². The minimum Gasteiger partial charge on any atom is -0.478 e. The van der Waals surface area contributed by atoms with Gasteiger partial charge in [0.25, 0.3) is 0 Å². The van der Waals surface area contributed by atoms with Crippen LogP contribution in [0, 0.1) is 5.82 Å². The van der Waals surface area contributed by atoms with Gasteiger partial charge in [-0.1, -0.05) is 42.5 Å². The van der Waals surface area contributed by atoms with Crippen molar-refractivity contribution in [3.8, 4) is 0 Å². The average molecular weight is 532 g/mol. The zero-order chi connectivity index (χ0) is 27.4. The van der Waals surface area contributed by atoms with Gasteiger partial charge in [0.2, 0.25) is 5.91 Å². The van der Waals surface area contributed by atoms with E-state index in [0.717, 1.165) is 42.9 Å². The third-order valence-electron chi connectivity index (χ3n) is 8.02. The maximum Gasteiger partial charge on any atom is 0.335 e. The number of piperidine rings is 1. The highest BCUT2D eigenvalue weighted by molar-refractivity contribution is 5.93. The zero-order valence-electron chi connectivity index (χ0n) is 21.9. The fourth-order valence-corrected chi connectivity index (χ4v) is 5.85. The summed E-state index contributed by atoms with van der Waals surface area (Å²) in [6.45, 7) is 3.16. The second kappa shape index (κ2) is 11.6. The number of aliphatic hydroxyl groups is 1. The Balaban J connectivity index is 1.25. The smallest absolute Gasteiger partial charge is 0.335 e. The Kier molecular flexibility index (Phi) is 7.95. The Hall–Kier alpha value is -3.75. The standard InChI is InChI=1S/C31H34FN3O4/c32-26-13-11-24(12-14-26)28(36)10-5-17-33-18-15-31(16-19-33)30(39)34(22-35(31)27-8-2-1-3-9-27)21-23-6-4-7-25(20-23)29(37)38/h1-4,6-9,11-14,20,28,36H,5,10,15-19,21-22H2,(H,37,38). The first kappa shape index (κ1) is 26.8. The summed E-state index contributed by atoms with van der Waals surface area (Å²) >= 11 is 0. The molecule has 0 bridgehead atoms. The number of carbonyl (C=O) groups is 2. The molecule has 0 saturated carbocycles. The van der Waals surface area contributed by atoms with Crippen molar-refractivity contribution in [3.05, 3.63) is 101 Å². The van der Waals surface area contributed by atoms with Gasteiger partial charge in [-0.05, 0) is 79.8 Å². The lowest BCUT2D eigenvalue weighted by Crippen LogP contribution is -2.56. The Morgan fingerprint density at radius 1 is 0.974 bits per heavy atom. The van der Waals surface area contributed by atoms with Crippen molar-refractivity contribution >= 4 is 17.6 Å². The molecule has 7 nitrogen and oxygen atoms in total. The van der Waals surface area contributed by atoms with E-state index in [1.165, 1.54) is 12.1 Å². The predicted octanol–water partition coefficient (Wildman–Crippen LogP) is 4.68. The Morgan fingerprint density at radius 2 is 1.69 bits per heavy atom. The van der Waals surface area contributed by atoms with Gasteiger partial charge in [-0.15, -0.1) is 0 Å². The van der Waals surface area contributed by atoms with Gasteiger partial charge < -0.3 is 24.9 Å². The van der Waals surface area contributed by atoms with Gasteiger partial charge in [0.15, 0.2) is 0 Å². The number of para-hydroxylation sites is 1. The van der Waals surface area contributed by atoms with Crippen molar-refractivity contribution in [3.63, 3.8) is 0 Å². The van der Waals surface area contributed by atoms with Crippen molar-refractivity contribution in [2.75, 3.05) is 31.2 Å². The number of carbonyl (C=O) groups excluding carboxylic acids is 1. The number of aromatic carboxylic acids is 1. The van der Waals surface area contributed by atoms with Gasteiger partial charge >= 0.3 is 5.97 Å². The van der Waals surface area contributed by atoms with Crippen molar-refractivity contribution in [2.24, 2.45) is 0 Å². The van der Waals surface area contributed by atoms with Gasteiger partial charge in [0.1, 0.15) is 11.4 Å². The molecule has 2 heterocycles. The summed E-state index contributed by atoms with van der Waals surface area (Å²) < 4.78 is 13.2. The summed E-state index contributed by atoms with van der Waals surface area (Å²) in [5.74, 6) is -1.21. The molecule has 0 aromatic heterocycles. The van der Waals surface area contributed by atoms with Crippen LogP contribution < -0.4 is 4.90 Å². The summed E-state index contributed by atoms with van der Waals surface area (Å²) in [6, 6.07) is 22.7. The molecule has 3 aromatic rings. The lowest BCUT2D eigenvalue weighted by molar-refractivity contribution is -0.134. The number of carboxylic acid groups (broad SMARTS) is 1. The minimum absolute atomic E-state index is 0.0819. The van der Waals surface area contributed by atoms with E-state index >= 15 is 0 Å². The Labute approximate surface area is 228 Å². The fraction of sp³-hybridized carbons (Fsp3) is 0.355. The fourth-order valence-electron chi connectivity index (χ4n) is 5.85. The third-order valence-corrected chi connectivity index (χ3v) is 8.02. The van der Waals surface area contributed by atoms with Crippen LogP contribution in [0.2, 0.25) is 0 Å². The van der Waals surface area contributed by atoms with Crippen LogP contribution >= 0.6 is 0 Å². The monoisotopic (exact) mass is 531 g/mol. The van der Waals surface area contributed by atoms with Crippen LogP contribution in [0.1, 0.15) is 53.3 Å². The summed E-state index contributed by atoms with van der Waals surface area (Å²) in [5.41, 5.74) is 2.09. The molecule has 0 aliphatic carbocycles. The number of hydrogen-bond donors (Lipinski definition) is 2. The predicted molar refractivity (Wildman–Crippen MR) is 147 cm³/mol. The number of likely N-dealkylation sites (tertiary alicyclic amines) is 1. The molecule has 2 fully saturated rings. The summed E-state index contributed by atoms with van der Waals surface area (Å²) in [6.07, 6.45) is 2.14. The number of anilines is 1. The molecule has 2 aliphatic rings. The topological polar surface area (TPSA) is 84.3 Å². The average Bonchev–Trinajstić information content (AvgIpc) is 3.21. The Bertz CT molecular complexity index is 1290. The maximum absolute atomic E-state index is 14.0. The number of hydrogen-bond acceptors (Lipinski definition) is 5. The van der Waals surface area contributed by atoms with E-state index < -0.39 is 17.6 Å². The van der Waals surface area contributed by atoms with Gasteiger partial charge in [0, 0.05) is 25.3 Å². The van der Waals surface area contributed by atoms with E-state index in [2.05, 4.69) is 9.80 Å². The quantitative estimate of drug-likeness (QED) is 0.417. The number of carboxylic acids is 1. The van der Waals surface area contributed by atoms with Crippen LogP contribution in [0.5, 0.6) is 0 Å². The first-order chi connectivity index (χ1) is 18.9. The van der Waals surface area contributed by atoms with E-state index in [4.69, 9.17) is 0 Å². The molecule has 1 atom stereocenters. The molecule has 2 aliphatic heterocycles. The number of nitrogens with zero attached hydrogens (tertiary/aromatic N) is 3. The number of amides is 1. The first-order valence-corrected chi connectivity index (χ1v) is 13.5. The highest BCUT2D eigenvalue weighted by atomic mass is 19.1. The van der Waals surface area contributed by atoms with Crippen molar-refractivity contribution in [2.45, 2.75) is 43.9 Å². The molecular formula is C31H34FN3O4. The molecule has 39 heavy (non-hydrogen) atoms. The van der Waals surface area contributed by atoms with Gasteiger partial charge in [-0.2, -0.15) is 0 Å². The van der Waals surface area contributed by atoms with Crippen LogP contribution in [-0.4, -0.2) is 63.7 Å². The summed E-state index contributed by atoms with van der Waals surface area (Å²) in [5, 5.41) is 19.8. The molecule has 0 radical (unpaired) electrons. The molecule has 1 unspecified atom stereocenters. The number of halogens is 1. The third kappa shape index (κ3) is 5.82. The second-order valence-electron chi connectivity index (χ2n) is 10.5. The largest absolute Gasteiger partial charge is 0.478 e. The van der Waals surface area contributed by atoms with E-state index in [1.54, 1.807) is 30.3 Å². The molecule has 2 N–H and O–H groups in total. The summed E-state index contributed by atoms with van der Waals surface area (Å²) in [7, 11) is 0.